The van der Waals surface area contributed by atoms with Gasteiger partial charge in [-0.15, -0.1) is 0 Å². The fraction of sp³-hybridized carbons (Fsp3) is 1.00. The van der Waals surface area contributed by atoms with E-state index in [1.54, 1.807) is 0 Å². The quantitative estimate of drug-likeness (QED) is 0.265. The van der Waals surface area contributed by atoms with E-state index in [9.17, 15) is 0 Å². The molecule has 0 spiro atoms. The first kappa shape index (κ1) is 27.7. The molecule has 8 heteroatoms. The van der Waals surface area contributed by atoms with Gasteiger partial charge in [-0.1, -0.05) is 0 Å². The van der Waals surface area contributed by atoms with Crippen LogP contribution in [-0.4, -0.2) is 100 Å². The van der Waals surface area contributed by atoms with Crippen LogP contribution in [0.1, 0.15) is 12.8 Å². The van der Waals surface area contributed by atoms with Crippen molar-refractivity contribution in [3.8, 4) is 0 Å². The van der Waals surface area contributed by atoms with E-state index in [1.165, 1.54) is 65.2 Å². The molecule has 0 saturated carbocycles. The molecule has 1 rings (SSSR count). The fourth-order valence-electron chi connectivity index (χ4n) is 2.35. The van der Waals surface area contributed by atoms with E-state index in [0.29, 0.717) is 0 Å². The second-order valence-corrected chi connectivity index (χ2v) is 5.92. The first-order valence-electron chi connectivity index (χ1n) is 7.49. The Kier molecular flexibility index (Phi) is 23.0. The minimum absolute atomic E-state index is 0. The topological polar surface area (TPSA) is 59.1 Å². The van der Waals surface area contributed by atoms with Gasteiger partial charge in [-0.25, -0.2) is 0 Å². The van der Waals surface area contributed by atoms with Crippen LogP contribution >= 0.6 is 0 Å². The second kappa shape index (κ2) is 18.2. The zero-order valence-electron chi connectivity index (χ0n) is 14.7. The third-order valence-electron chi connectivity index (χ3n) is 3.89. The Hall–Kier alpha value is 0.903. The molecule has 0 N–H and O–H groups in total. The molecule has 1 saturated heterocycles. The Morgan fingerprint density at radius 1 is 0.500 bits per heavy atom. The van der Waals surface area contributed by atoms with Crippen molar-refractivity contribution < 1.29 is 47.1 Å². The number of likely N-dealkylation sites (N-methyl/N-ethyl adjacent to an activating group) is 4. The molecule has 6 nitrogen and oxygen atoms in total. The molecule has 1 aliphatic heterocycles. The maximum atomic E-state index is 7.00. The zero-order valence-corrected chi connectivity index (χ0v) is 18.8. The van der Waals surface area contributed by atoms with Crippen molar-refractivity contribution in [2.24, 2.45) is 0 Å². The van der Waals surface area contributed by atoms with E-state index in [4.69, 9.17) is 10.5 Å². The molecule has 0 amide bonds. The van der Waals surface area contributed by atoms with Gasteiger partial charge >= 0.3 is 36.5 Å². The van der Waals surface area contributed by atoms with Crippen LogP contribution in [0.3, 0.4) is 0 Å². The summed E-state index contributed by atoms with van der Waals surface area (Å²) in [6.07, 6.45) is 2.56. The average molecular weight is 410 g/mol. The van der Waals surface area contributed by atoms with Crippen LogP contribution in [0.25, 0.3) is 0 Å². The summed E-state index contributed by atoms with van der Waals surface area (Å²) in [7, 11) is 8.97. The smallest absolute Gasteiger partial charge is 1.00 e. The molecule has 0 atom stereocenters. The molecule has 1 radical (unpaired) electrons. The summed E-state index contributed by atoms with van der Waals surface area (Å²) in [4.78, 5) is 9.84. The standard InChI is InChI=1S/C14H32N4.Fe.O2.Zn/c1-15-7-5-8-17(3)13-14-18(4)10-6-9-16(2)12-11-15;;1-2;/h5-14H2,1-4H3;;;/q;+3;-2;+2. The summed E-state index contributed by atoms with van der Waals surface area (Å²) in [5.74, 6) is 0. The predicted octanol–water partition coefficient (Wildman–Crippen LogP) is -1.88. The summed E-state index contributed by atoms with van der Waals surface area (Å²) in [6.45, 7) is 9.63. The second-order valence-electron chi connectivity index (χ2n) is 5.92. The molecule has 0 aromatic rings. The van der Waals surface area contributed by atoms with Crippen molar-refractivity contribution in [2.75, 3.05) is 80.5 Å². The molecule has 0 aliphatic carbocycles. The van der Waals surface area contributed by atoms with Gasteiger partial charge in [0.15, 0.2) is 0 Å². The normalized spacial score (nSPS) is 21.5. The van der Waals surface area contributed by atoms with Crippen LogP contribution in [-0.2, 0) is 36.5 Å². The predicted molar refractivity (Wildman–Crippen MR) is 79.2 cm³/mol. The van der Waals surface area contributed by atoms with Gasteiger partial charge in [-0.2, -0.15) is 0 Å². The van der Waals surface area contributed by atoms with Gasteiger partial charge < -0.3 is 30.1 Å². The summed E-state index contributed by atoms with van der Waals surface area (Å²) in [6, 6.07) is 0. The van der Waals surface area contributed by atoms with Gasteiger partial charge in [0.25, 0.3) is 0 Å². The van der Waals surface area contributed by atoms with Crippen molar-refractivity contribution in [2.45, 2.75) is 12.8 Å². The number of hydrogen-bond acceptors (Lipinski definition) is 6. The Labute approximate surface area is 160 Å². The van der Waals surface area contributed by atoms with Crippen LogP contribution < -0.4 is 10.5 Å². The minimum Gasteiger partial charge on any atom is -1.00 e. The number of hydrogen-bond donors (Lipinski definition) is 0. The van der Waals surface area contributed by atoms with Crippen molar-refractivity contribution in [3.05, 3.63) is 0 Å². The summed E-state index contributed by atoms with van der Waals surface area (Å²) < 4.78 is 0. The molecule has 1 heterocycles. The van der Waals surface area contributed by atoms with Crippen LogP contribution in [0, 0.1) is 0 Å². The summed E-state index contributed by atoms with van der Waals surface area (Å²) in [5.41, 5.74) is 0. The third-order valence-corrected chi connectivity index (χ3v) is 3.89. The first-order valence-corrected chi connectivity index (χ1v) is 7.49. The molecule has 0 unspecified atom stereocenters. The summed E-state index contributed by atoms with van der Waals surface area (Å²) in [5, 5.41) is 14.0. The van der Waals surface area contributed by atoms with Gasteiger partial charge in [0.2, 0.25) is 0 Å². The van der Waals surface area contributed by atoms with Gasteiger partial charge in [0, 0.05) is 26.2 Å². The van der Waals surface area contributed by atoms with Crippen molar-refractivity contribution in [1.29, 1.82) is 0 Å². The third kappa shape index (κ3) is 15.8. The molecule has 127 valence electrons. The Balaban J connectivity index is -0.000000864. The van der Waals surface area contributed by atoms with E-state index in [2.05, 4.69) is 47.8 Å². The molecule has 0 bridgehead atoms. The molecule has 1 fully saturated rings. The molecule has 0 aromatic carbocycles. The molecule has 1 aliphatic rings. The van der Waals surface area contributed by atoms with Crippen molar-refractivity contribution >= 4 is 0 Å². The molecular weight excluding hydrogens is 377 g/mol. The molecular formula is C14H32FeN4O2Zn+3. The largest absolute Gasteiger partial charge is 3.00 e. The monoisotopic (exact) mass is 408 g/mol. The molecule has 22 heavy (non-hydrogen) atoms. The molecule has 0 aromatic heterocycles. The van der Waals surface area contributed by atoms with E-state index in [-0.39, 0.29) is 36.5 Å². The number of rotatable bonds is 0. The Morgan fingerprint density at radius 3 is 0.864 bits per heavy atom. The first-order chi connectivity index (χ1) is 9.58. The fourth-order valence-corrected chi connectivity index (χ4v) is 2.35. The van der Waals surface area contributed by atoms with Gasteiger partial charge in [-0.05, 0) is 67.2 Å². The van der Waals surface area contributed by atoms with Crippen LogP contribution in [0.4, 0.5) is 0 Å². The van der Waals surface area contributed by atoms with Gasteiger partial charge in [0.1, 0.15) is 0 Å². The van der Waals surface area contributed by atoms with E-state index in [0.717, 1.165) is 0 Å². The Bertz CT molecular complexity index is 189. The number of nitrogens with zero attached hydrogens (tertiary/aromatic N) is 4. The van der Waals surface area contributed by atoms with Gasteiger partial charge in [-0.3, -0.25) is 0 Å². The summed E-state index contributed by atoms with van der Waals surface area (Å²) >= 11 is 0. The van der Waals surface area contributed by atoms with Crippen molar-refractivity contribution in [3.63, 3.8) is 0 Å². The Morgan fingerprint density at radius 2 is 0.682 bits per heavy atom. The maximum absolute atomic E-state index is 7.00. The average Bonchev–Trinajstić information content (AvgIpc) is 2.44. The van der Waals surface area contributed by atoms with E-state index in [1.807, 2.05) is 0 Å². The SMILES string of the molecule is CN1CCCN(C)CCN(C)CCCN(C)CC1.[Fe+3].[O-][O-].[Zn+2]. The van der Waals surface area contributed by atoms with E-state index >= 15 is 0 Å². The maximum Gasteiger partial charge on any atom is 3.00 e. The van der Waals surface area contributed by atoms with Crippen LogP contribution in [0.15, 0.2) is 0 Å². The van der Waals surface area contributed by atoms with Crippen molar-refractivity contribution in [1.82, 2.24) is 19.6 Å². The van der Waals surface area contributed by atoms with Gasteiger partial charge in [0.05, 0.1) is 0 Å². The zero-order chi connectivity index (χ0) is 15.4. The van der Waals surface area contributed by atoms with Crippen LogP contribution in [0.5, 0.6) is 0 Å². The van der Waals surface area contributed by atoms with Crippen LogP contribution in [0.2, 0.25) is 0 Å². The van der Waals surface area contributed by atoms with E-state index < -0.39 is 0 Å². The minimum atomic E-state index is 0.